The number of benzene rings is 1. The first-order valence-electron chi connectivity index (χ1n) is 6.73. The Kier molecular flexibility index (Phi) is 5.40. The molecule has 7 nitrogen and oxygen atoms in total. The molecule has 0 aromatic heterocycles. The number of nitrogens with one attached hydrogen (secondary N) is 2. The summed E-state index contributed by atoms with van der Waals surface area (Å²) in [5.74, 6) is 1.26. The van der Waals surface area contributed by atoms with Gasteiger partial charge in [0.05, 0.1) is 14.2 Å². The van der Waals surface area contributed by atoms with Crippen molar-refractivity contribution >= 4 is 10.2 Å². The maximum Gasteiger partial charge on any atom is 0.279 e. The molecule has 0 saturated carbocycles. The van der Waals surface area contributed by atoms with Gasteiger partial charge in [0.25, 0.3) is 10.2 Å². The average Bonchev–Trinajstić information content (AvgIpc) is 2.53. The van der Waals surface area contributed by atoms with E-state index in [1.165, 1.54) is 4.31 Å². The zero-order valence-corrected chi connectivity index (χ0v) is 13.1. The van der Waals surface area contributed by atoms with Crippen LogP contribution in [0.3, 0.4) is 0 Å². The van der Waals surface area contributed by atoms with Gasteiger partial charge in [0.15, 0.2) is 0 Å². The second kappa shape index (κ2) is 7.08. The van der Waals surface area contributed by atoms with Crippen molar-refractivity contribution in [3.63, 3.8) is 0 Å². The van der Waals surface area contributed by atoms with Crippen molar-refractivity contribution in [2.45, 2.75) is 6.54 Å². The molecule has 1 fully saturated rings. The lowest BCUT2D eigenvalue weighted by Gasteiger charge is -2.26. The predicted molar refractivity (Wildman–Crippen MR) is 79.7 cm³/mol. The Morgan fingerprint density at radius 1 is 1.24 bits per heavy atom. The van der Waals surface area contributed by atoms with Crippen molar-refractivity contribution in [3.8, 4) is 11.5 Å². The Labute approximate surface area is 125 Å². The second-order valence-corrected chi connectivity index (χ2v) is 6.41. The minimum absolute atomic E-state index is 0.180. The lowest BCUT2D eigenvalue weighted by molar-refractivity contribution is 0.354. The molecule has 8 heteroatoms. The van der Waals surface area contributed by atoms with Crippen molar-refractivity contribution in [1.82, 2.24) is 14.3 Å². The van der Waals surface area contributed by atoms with Gasteiger partial charge in [-0.25, -0.2) is 0 Å². The smallest absolute Gasteiger partial charge is 0.279 e. The summed E-state index contributed by atoms with van der Waals surface area (Å²) in [4.78, 5) is 0. The Morgan fingerprint density at radius 3 is 2.57 bits per heavy atom. The number of nitrogens with zero attached hydrogens (tertiary/aromatic N) is 1. The largest absolute Gasteiger partial charge is 0.497 e. The van der Waals surface area contributed by atoms with Crippen LogP contribution < -0.4 is 19.5 Å². The molecule has 1 aromatic rings. The van der Waals surface area contributed by atoms with Crippen molar-refractivity contribution < 1.29 is 17.9 Å². The highest BCUT2D eigenvalue weighted by Crippen LogP contribution is 2.24. The molecular formula is C13H21N3O4S. The van der Waals surface area contributed by atoms with E-state index in [2.05, 4.69) is 10.0 Å². The number of hydrogen-bond acceptors (Lipinski definition) is 5. The van der Waals surface area contributed by atoms with Crippen LogP contribution >= 0.6 is 0 Å². The molecule has 0 unspecified atom stereocenters. The van der Waals surface area contributed by atoms with Crippen molar-refractivity contribution in [1.29, 1.82) is 0 Å². The molecule has 21 heavy (non-hydrogen) atoms. The van der Waals surface area contributed by atoms with Crippen molar-refractivity contribution in [2.75, 3.05) is 40.4 Å². The first kappa shape index (κ1) is 16.0. The number of ether oxygens (including phenoxy) is 2. The van der Waals surface area contributed by atoms with E-state index in [0.29, 0.717) is 37.7 Å². The van der Waals surface area contributed by atoms with E-state index in [0.717, 1.165) is 5.56 Å². The molecule has 118 valence electrons. The van der Waals surface area contributed by atoms with Crippen LogP contribution in [0.1, 0.15) is 5.56 Å². The fourth-order valence-corrected chi connectivity index (χ4v) is 3.33. The van der Waals surface area contributed by atoms with Gasteiger partial charge >= 0.3 is 0 Å². The number of methoxy groups -OCH3 is 2. The van der Waals surface area contributed by atoms with E-state index in [4.69, 9.17) is 9.47 Å². The number of hydrogen-bond donors (Lipinski definition) is 2. The minimum Gasteiger partial charge on any atom is -0.497 e. The number of rotatable bonds is 6. The first-order chi connectivity index (χ1) is 10.1. The van der Waals surface area contributed by atoms with Crippen LogP contribution in [0.5, 0.6) is 11.5 Å². The normalized spacial score (nSPS) is 16.7. The molecule has 1 heterocycles. The van der Waals surface area contributed by atoms with Gasteiger partial charge in [-0.1, -0.05) is 6.07 Å². The van der Waals surface area contributed by atoms with Crippen LogP contribution in [-0.4, -0.2) is 53.1 Å². The SMILES string of the molecule is COc1ccc(CNS(=O)(=O)N2CCNCC2)c(OC)c1. The fourth-order valence-electron chi connectivity index (χ4n) is 2.14. The van der Waals surface area contributed by atoms with E-state index in [9.17, 15) is 8.42 Å². The Hall–Kier alpha value is -1.35. The van der Waals surface area contributed by atoms with Crippen LogP contribution in [0.15, 0.2) is 18.2 Å². The summed E-state index contributed by atoms with van der Waals surface area (Å²) in [6.45, 7) is 2.49. The lowest BCUT2D eigenvalue weighted by Crippen LogP contribution is -2.50. The summed E-state index contributed by atoms with van der Waals surface area (Å²) in [6.07, 6.45) is 0. The van der Waals surface area contributed by atoms with Gasteiger partial charge in [0.2, 0.25) is 0 Å². The molecule has 0 radical (unpaired) electrons. The van der Waals surface area contributed by atoms with Gasteiger partial charge in [-0.2, -0.15) is 17.4 Å². The van der Waals surface area contributed by atoms with E-state index in [-0.39, 0.29) is 6.54 Å². The van der Waals surface area contributed by atoms with Gasteiger partial charge in [-0.05, 0) is 6.07 Å². The van der Waals surface area contributed by atoms with Gasteiger partial charge in [-0.15, -0.1) is 0 Å². The monoisotopic (exact) mass is 315 g/mol. The summed E-state index contributed by atoms with van der Waals surface area (Å²) >= 11 is 0. The molecule has 0 atom stereocenters. The minimum atomic E-state index is -3.47. The van der Waals surface area contributed by atoms with Crippen LogP contribution in [0.2, 0.25) is 0 Å². The fraction of sp³-hybridized carbons (Fsp3) is 0.538. The predicted octanol–water partition coefficient (Wildman–Crippen LogP) is -0.0566. The Morgan fingerprint density at radius 2 is 1.95 bits per heavy atom. The van der Waals surface area contributed by atoms with E-state index >= 15 is 0 Å². The summed E-state index contributed by atoms with van der Waals surface area (Å²) in [5.41, 5.74) is 0.761. The third-order valence-corrected chi connectivity index (χ3v) is 4.91. The Balaban J connectivity index is 2.05. The third-order valence-electron chi connectivity index (χ3n) is 3.36. The first-order valence-corrected chi connectivity index (χ1v) is 8.17. The highest BCUT2D eigenvalue weighted by atomic mass is 32.2. The van der Waals surface area contributed by atoms with E-state index in [1.807, 2.05) is 0 Å². The topological polar surface area (TPSA) is 79.9 Å². The molecule has 1 aliphatic heterocycles. The van der Waals surface area contributed by atoms with E-state index in [1.54, 1.807) is 32.4 Å². The van der Waals surface area contributed by atoms with Crippen LogP contribution in [0.4, 0.5) is 0 Å². The molecule has 1 aliphatic rings. The second-order valence-electron chi connectivity index (χ2n) is 4.65. The van der Waals surface area contributed by atoms with E-state index < -0.39 is 10.2 Å². The molecular weight excluding hydrogens is 294 g/mol. The molecule has 2 N–H and O–H groups in total. The van der Waals surface area contributed by atoms with Gasteiger partial charge < -0.3 is 14.8 Å². The third kappa shape index (κ3) is 4.07. The molecule has 1 saturated heterocycles. The standard InChI is InChI=1S/C13H21N3O4S/c1-19-12-4-3-11(13(9-12)20-2)10-15-21(17,18)16-7-5-14-6-8-16/h3-4,9,14-15H,5-8,10H2,1-2H3. The summed E-state index contributed by atoms with van der Waals surface area (Å²) in [6, 6.07) is 5.29. The van der Waals surface area contributed by atoms with Gasteiger partial charge in [0.1, 0.15) is 11.5 Å². The molecule has 1 aromatic carbocycles. The zero-order valence-electron chi connectivity index (χ0n) is 12.3. The number of piperazine rings is 1. The average molecular weight is 315 g/mol. The summed E-state index contributed by atoms with van der Waals surface area (Å²) in [7, 11) is -0.350. The van der Waals surface area contributed by atoms with Crippen LogP contribution in [-0.2, 0) is 16.8 Å². The molecule has 2 rings (SSSR count). The molecule has 0 bridgehead atoms. The van der Waals surface area contributed by atoms with Gasteiger partial charge in [0, 0.05) is 44.4 Å². The molecule has 0 spiro atoms. The van der Waals surface area contributed by atoms with Crippen LogP contribution in [0.25, 0.3) is 0 Å². The summed E-state index contributed by atoms with van der Waals surface area (Å²) in [5, 5.41) is 3.12. The molecule has 0 amide bonds. The summed E-state index contributed by atoms with van der Waals surface area (Å²) < 4.78 is 38.8. The maximum absolute atomic E-state index is 12.2. The van der Waals surface area contributed by atoms with Crippen LogP contribution in [0, 0.1) is 0 Å². The molecule has 0 aliphatic carbocycles. The Bertz CT molecular complexity index is 571. The van der Waals surface area contributed by atoms with Crippen molar-refractivity contribution in [3.05, 3.63) is 23.8 Å². The maximum atomic E-state index is 12.2. The quantitative estimate of drug-likeness (QED) is 0.769. The highest BCUT2D eigenvalue weighted by Gasteiger charge is 2.23. The highest BCUT2D eigenvalue weighted by molar-refractivity contribution is 7.87. The lowest BCUT2D eigenvalue weighted by atomic mass is 10.2. The zero-order chi connectivity index (χ0) is 15.3. The van der Waals surface area contributed by atoms with Gasteiger partial charge in [-0.3, -0.25) is 0 Å². The van der Waals surface area contributed by atoms with Crippen molar-refractivity contribution in [2.24, 2.45) is 0 Å².